The van der Waals surface area contributed by atoms with Crippen LogP contribution in [-0.4, -0.2) is 16.8 Å². The van der Waals surface area contributed by atoms with Gasteiger partial charge >= 0.3 is 0 Å². The molecule has 0 atom stereocenters. The van der Waals surface area contributed by atoms with Gasteiger partial charge in [0.25, 0.3) is 0 Å². The standard InChI is InChI=1S/C6H10F2N2S/c7-6(8)1-4(2-6)3-11-5(9)10/h4H,1-3H2,(H3,9,10). The van der Waals surface area contributed by atoms with Crippen LogP contribution < -0.4 is 5.73 Å². The van der Waals surface area contributed by atoms with Crippen molar-refractivity contribution in [3.8, 4) is 0 Å². The second-order valence-electron chi connectivity index (χ2n) is 2.81. The van der Waals surface area contributed by atoms with E-state index < -0.39 is 5.92 Å². The van der Waals surface area contributed by atoms with Gasteiger partial charge in [-0.3, -0.25) is 5.41 Å². The Morgan fingerprint density at radius 1 is 1.64 bits per heavy atom. The molecule has 2 nitrogen and oxygen atoms in total. The summed E-state index contributed by atoms with van der Waals surface area (Å²) in [5.41, 5.74) is 5.05. The van der Waals surface area contributed by atoms with Crippen molar-refractivity contribution in [3.05, 3.63) is 0 Å². The van der Waals surface area contributed by atoms with Gasteiger partial charge in [0.15, 0.2) is 5.17 Å². The van der Waals surface area contributed by atoms with E-state index in [1.165, 1.54) is 0 Å². The van der Waals surface area contributed by atoms with Gasteiger partial charge in [-0.25, -0.2) is 8.78 Å². The molecule has 0 aromatic carbocycles. The van der Waals surface area contributed by atoms with Crippen LogP contribution in [0.2, 0.25) is 0 Å². The first-order valence-corrected chi connectivity index (χ1v) is 4.33. The minimum atomic E-state index is -2.44. The zero-order chi connectivity index (χ0) is 8.48. The smallest absolute Gasteiger partial charge is 0.248 e. The lowest BCUT2D eigenvalue weighted by Crippen LogP contribution is -2.37. The number of amidine groups is 1. The quantitative estimate of drug-likeness (QED) is 0.501. The third-order valence-electron chi connectivity index (χ3n) is 1.65. The summed E-state index contributed by atoms with van der Waals surface area (Å²) < 4.78 is 24.4. The topological polar surface area (TPSA) is 49.9 Å². The molecule has 1 aliphatic rings. The largest absolute Gasteiger partial charge is 0.379 e. The molecule has 0 amide bonds. The van der Waals surface area contributed by atoms with Gasteiger partial charge in [-0.1, -0.05) is 11.8 Å². The molecule has 11 heavy (non-hydrogen) atoms. The van der Waals surface area contributed by atoms with Crippen LogP contribution in [0.5, 0.6) is 0 Å². The predicted octanol–water partition coefficient (Wildman–Crippen LogP) is 1.66. The van der Waals surface area contributed by atoms with Gasteiger partial charge in [-0.2, -0.15) is 0 Å². The van der Waals surface area contributed by atoms with E-state index in [0.29, 0.717) is 5.75 Å². The fraction of sp³-hybridized carbons (Fsp3) is 0.833. The fourth-order valence-electron chi connectivity index (χ4n) is 1.11. The van der Waals surface area contributed by atoms with Crippen LogP contribution in [0, 0.1) is 11.3 Å². The van der Waals surface area contributed by atoms with Crippen molar-refractivity contribution in [2.45, 2.75) is 18.8 Å². The van der Waals surface area contributed by atoms with Gasteiger partial charge in [0.1, 0.15) is 0 Å². The first kappa shape index (κ1) is 8.77. The number of thioether (sulfide) groups is 1. The van der Waals surface area contributed by atoms with E-state index in [1.807, 2.05) is 0 Å². The average molecular weight is 180 g/mol. The van der Waals surface area contributed by atoms with Gasteiger partial charge in [0, 0.05) is 18.6 Å². The minimum absolute atomic E-state index is 0.0141. The van der Waals surface area contributed by atoms with Crippen LogP contribution in [0.25, 0.3) is 0 Å². The van der Waals surface area contributed by atoms with Crippen LogP contribution >= 0.6 is 11.8 Å². The summed E-state index contributed by atoms with van der Waals surface area (Å²) in [6.45, 7) is 0. The maximum atomic E-state index is 12.2. The second kappa shape index (κ2) is 2.97. The summed E-state index contributed by atoms with van der Waals surface area (Å²) in [6.07, 6.45) is -0.0689. The Bertz CT molecular complexity index is 164. The normalized spacial score (nSPS) is 22.7. The van der Waals surface area contributed by atoms with E-state index in [9.17, 15) is 8.78 Å². The molecule has 5 heteroatoms. The van der Waals surface area contributed by atoms with Crippen molar-refractivity contribution in [2.75, 3.05) is 5.75 Å². The lowest BCUT2D eigenvalue weighted by Gasteiger charge is -2.34. The van der Waals surface area contributed by atoms with Gasteiger partial charge in [-0.15, -0.1) is 0 Å². The number of alkyl halides is 2. The molecular formula is C6H10F2N2S. The van der Waals surface area contributed by atoms with Crippen molar-refractivity contribution < 1.29 is 8.78 Å². The number of rotatable bonds is 2. The number of hydrogen-bond donors (Lipinski definition) is 2. The Labute approximate surface area is 68.0 Å². The summed E-state index contributed by atoms with van der Waals surface area (Å²) in [5, 5.41) is 6.85. The summed E-state index contributed by atoms with van der Waals surface area (Å²) in [6, 6.07) is 0. The van der Waals surface area contributed by atoms with Crippen molar-refractivity contribution in [2.24, 2.45) is 11.7 Å². The lowest BCUT2D eigenvalue weighted by atomic mass is 9.83. The Hall–Kier alpha value is -0.320. The van der Waals surface area contributed by atoms with E-state index in [-0.39, 0.29) is 23.9 Å². The predicted molar refractivity (Wildman–Crippen MR) is 42.0 cm³/mol. The zero-order valence-corrected chi connectivity index (χ0v) is 6.76. The highest BCUT2D eigenvalue weighted by atomic mass is 32.2. The van der Waals surface area contributed by atoms with Gasteiger partial charge < -0.3 is 5.73 Å². The van der Waals surface area contributed by atoms with Crippen LogP contribution in [0.3, 0.4) is 0 Å². The Kier molecular flexibility index (Phi) is 2.37. The Morgan fingerprint density at radius 2 is 2.18 bits per heavy atom. The maximum Gasteiger partial charge on any atom is 0.248 e. The molecule has 0 aromatic heterocycles. The van der Waals surface area contributed by atoms with Crippen LogP contribution in [-0.2, 0) is 0 Å². The molecule has 1 fully saturated rings. The minimum Gasteiger partial charge on any atom is -0.379 e. The van der Waals surface area contributed by atoms with E-state index in [0.717, 1.165) is 11.8 Å². The van der Waals surface area contributed by atoms with Crippen LogP contribution in [0.15, 0.2) is 0 Å². The van der Waals surface area contributed by atoms with E-state index >= 15 is 0 Å². The highest BCUT2D eigenvalue weighted by Gasteiger charge is 2.44. The third kappa shape index (κ3) is 2.65. The molecule has 64 valence electrons. The van der Waals surface area contributed by atoms with Crippen molar-refractivity contribution in [1.29, 1.82) is 5.41 Å². The van der Waals surface area contributed by atoms with Crippen LogP contribution in [0.1, 0.15) is 12.8 Å². The maximum absolute atomic E-state index is 12.2. The van der Waals surface area contributed by atoms with Crippen molar-refractivity contribution >= 4 is 16.9 Å². The summed E-state index contributed by atoms with van der Waals surface area (Å²) in [7, 11) is 0. The second-order valence-corrected chi connectivity index (χ2v) is 3.87. The molecule has 0 bridgehead atoms. The summed E-state index contributed by atoms with van der Waals surface area (Å²) >= 11 is 1.14. The summed E-state index contributed by atoms with van der Waals surface area (Å²) in [4.78, 5) is 0. The van der Waals surface area contributed by atoms with Gasteiger partial charge in [0.2, 0.25) is 5.92 Å². The first-order valence-electron chi connectivity index (χ1n) is 3.34. The third-order valence-corrected chi connectivity index (χ3v) is 2.60. The first-order chi connectivity index (χ1) is 4.99. The Morgan fingerprint density at radius 3 is 2.55 bits per heavy atom. The summed E-state index contributed by atoms with van der Waals surface area (Å²) in [5.74, 6) is -1.83. The Balaban J connectivity index is 2.09. The SMILES string of the molecule is N=C(N)SCC1CC(F)(F)C1. The van der Waals surface area contributed by atoms with E-state index in [1.54, 1.807) is 0 Å². The molecule has 0 aliphatic heterocycles. The zero-order valence-electron chi connectivity index (χ0n) is 5.94. The number of nitrogens with one attached hydrogen (secondary N) is 1. The van der Waals surface area contributed by atoms with Crippen molar-refractivity contribution in [1.82, 2.24) is 0 Å². The number of nitrogens with two attached hydrogens (primary N) is 1. The molecule has 0 spiro atoms. The van der Waals surface area contributed by atoms with Gasteiger partial charge in [-0.05, 0) is 5.92 Å². The van der Waals surface area contributed by atoms with E-state index in [4.69, 9.17) is 11.1 Å². The molecule has 0 aromatic rings. The van der Waals surface area contributed by atoms with Crippen molar-refractivity contribution in [3.63, 3.8) is 0 Å². The molecule has 3 N–H and O–H groups in total. The molecule has 1 rings (SSSR count). The molecule has 1 saturated carbocycles. The number of hydrogen-bond acceptors (Lipinski definition) is 2. The van der Waals surface area contributed by atoms with Crippen LogP contribution in [0.4, 0.5) is 8.78 Å². The molecule has 0 saturated heterocycles. The van der Waals surface area contributed by atoms with Gasteiger partial charge in [0.05, 0.1) is 0 Å². The lowest BCUT2D eigenvalue weighted by molar-refractivity contribution is -0.103. The monoisotopic (exact) mass is 180 g/mol. The fourth-order valence-corrected chi connectivity index (χ4v) is 1.76. The average Bonchev–Trinajstić information content (AvgIpc) is 1.78. The molecular weight excluding hydrogens is 170 g/mol. The highest BCUT2D eigenvalue weighted by Crippen LogP contribution is 2.43. The molecule has 0 unspecified atom stereocenters. The highest BCUT2D eigenvalue weighted by molar-refractivity contribution is 8.13. The van der Waals surface area contributed by atoms with E-state index in [2.05, 4.69) is 0 Å². The number of halogens is 2. The molecule has 0 radical (unpaired) electrons. The molecule has 0 heterocycles. The molecule has 1 aliphatic carbocycles.